The van der Waals surface area contributed by atoms with Gasteiger partial charge >= 0.3 is 5.97 Å². The number of fused-ring (bicyclic) bond motifs is 1. The van der Waals surface area contributed by atoms with Crippen LogP contribution in [0.4, 0.5) is 5.82 Å². The van der Waals surface area contributed by atoms with E-state index in [0.29, 0.717) is 24.6 Å². The van der Waals surface area contributed by atoms with Crippen LogP contribution in [0.5, 0.6) is 0 Å². The Morgan fingerprint density at radius 3 is 2.64 bits per heavy atom. The minimum Gasteiger partial charge on any atom is -0.466 e. The molecule has 0 radical (unpaired) electrons. The number of hydrogen-bond donors (Lipinski definition) is 0. The van der Waals surface area contributed by atoms with Gasteiger partial charge in [0.1, 0.15) is 0 Å². The second-order valence-electron chi connectivity index (χ2n) is 6.05. The highest BCUT2D eigenvalue weighted by molar-refractivity contribution is 6.09. The maximum absolute atomic E-state index is 12.9. The SMILES string of the molecule is CCOC(=O)CCC1C(=O)n2nc(C)c(-c3ccccc3)c2N=C1C. The van der Waals surface area contributed by atoms with Gasteiger partial charge in [-0.05, 0) is 32.8 Å². The highest BCUT2D eigenvalue weighted by Gasteiger charge is 2.33. The predicted octanol–water partition coefficient (Wildman–Crippen LogP) is 3.56. The number of rotatable bonds is 5. The first-order valence-corrected chi connectivity index (χ1v) is 8.43. The van der Waals surface area contributed by atoms with E-state index in [4.69, 9.17) is 4.74 Å². The molecule has 0 bridgehead atoms. The Morgan fingerprint density at radius 2 is 1.96 bits per heavy atom. The van der Waals surface area contributed by atoms with Crippen LogP contribution < -0.4 is 0 Å². The molecule has 3 rings (SSSR count). The predicted molar refractivity (Wildman–Crippen MR) is 95.2 cm³/mol. The molecule has 0 amide bonds. The van der Waals surface area contributed by atoms with Gasteiger partial charge in [-0.15, -0.1) is 0 Å². The quantitative estimate of drug-likeness (QED) is 0.781. The van der Waals surface area contributed by atoms with Crippen LogP contribution >= 0.6 is 0 Å². The van der Waals surface area contributed by atoms with Crippen LogP contribution in [0.25, 0.3) is 11.1 Å². The Labute approximate surface area is 146 Å². The van der Waals surface area contributed by atoms with Crippen molar-refractivity contribution in [2.75, 3.05) is 6.61 Å². The van der Waals surface area contributed by atoms with E-state index in [9.17, 15) is 9.59 Å². The lowest BCUT2D eigenvalue weighted by atomic mass is 9.95. The van der Waals surface area contributed by atoms with E-state index in [1.54, 1.807) is 6.92 Å². The fraction of sp³-hybridized carbons (Fsp3) is 0.368. The molecule has 2 aromatic rings. The molecule has 0 saturated carbocycles. The molecule has 6 nitrogen and oxygen atoms in total. The molecule has 0 spiro atoms. The molecule has 2 heterocycles. The number of benzene rings is 1. The van der Waals surface area contributed by atoms with Crippen LogP contribution in [0.2, 0.25) is 0 Å². The maximum atomic E-state index is 12.9. The van der Waals surface area contributed by atoms with E-state index in [1.165, 1.54) is 4.68 Å². The summed E-state index contributed by atoms with van der Waals surface area (Å²) in [6.45, 7) is 5.81. The summed E-state index contributed by atoms with van der Waals surface area (Å²) in [6, 6.07) is 9.80. The van der Waals surface area contributed by atoms with E-state index >= 15 is 0 Å². The summed E-state index contributed by atoms with van der Waals surface area (Å²) in [4.78, 5) is 29.1. The molecule has 0 aliphatic carbocycles. The molecule has 1 unspecified atom stereocenters. The van der Waals surface area contributed by atoms with Crippen LogP contribution in [0.15, 0.2) is 35.3 Å². The number of carbonyl (C=O) groups excluding carboxylic acids is 2. The van der Waals surface area contributed by atoms with Crippen molar-refractivity contribution in [3.8, 4) is 11.1 Å². The maximum Gasteiger partial charge on any atom is 0.305 e. The van der Waals surface area contributed by atoms with Gasteiger partial charge in [0.15, 0.2) is 5.82 Å². The smallest absolute Gasteiger partial charge is 0.305 e. The molecule has 1 aliphatic rings. The number of hydrogen-bond acceptors (Lipinski definition) is 5. The molecule has 1 aromatic heterocycles. The van der Waals surface area contributed by atoms with Gasteiger partial charge in [-0.1, -0.05) is 30.3 Å². The summed E-state index contributed by atoms with van der Waals surface area (Å²) in [5.74, 6) is -0.314. The minimum absolute atomic E-state index is 0.142. The van der Waals surface area contributed by atoms with Gasteiger partial charge in [0.25, 0.3) is 5.91 Å². The first-order valence-electron chi connectivity index (χ1n) is 8.43. The summed E-state index contributed by atoms with van der Waals surface area (Å²) in [7, 11) is 0. The Bertz CT molecular complexity index is 837. The number of aromatic nitrogens is 2. The summed E-state index contributed by atoms with van der Waals surface area (Å²) >= 11 is 0. The normalized spacial score (nSPS) is 16.4. The Balaban J connectivity index is 1.92. The zero-order valence-electron chi connectivity index (χ0n) is 14.7. The molecule has 1 atom stereocenters. The van der Waals surface area contributed by atoms with Crippen molar-refractivity contribution in [1.82, 2.24) is 9.78 Å². The highest BCUT2D eigenvalue weighted by atomic mass is 16.5. The van der Waals surface area contributed by atoms with Crippen molar-refractivity contribution < 1.29 is 14.3 Å². The minimum atomic E-state index is -0.445. The standard InChI is InChI=1S/C19H21N3O3/c1-4-25-16(23)11-10-15-12(2)20-18-17(14-8-6-5-7-9-14)13(3)21-22(18)19(15)24/h5-9,15H,4,10-11H2,1-3H3. The average Bonchev–Trinajstić information content (AvgIpc) is 2.92. The van der Waals surface area contributed by atoms with E-state index in [0.717, 1.165) is 16.8 Å². The van der Waals surface area contributed by atoms with Crippen molar-refractivity contribution >= 4 is 23.4 Å². The van der Waals surface area contributed by atoms with Gasteiger partial charge < -0.3 is 4.74 Å². The van der Waals surface area contributed by atoms with Crippen LogP contribution in [0, 0.1) is 12.8 Å². The van der Waals surface area contributed by atoms with E-state index in [-0.39, 0.29) is 18.3 Å². The summed E-state index contributed by atoms with van der Waals surface area (Å²) in [5.41, 5.74) is 3.32. The molecular formula is C19H21N3O3. The molecule has 1 aromatic carbocycles. The zero-order valence-corrected chi connectivity index (χ0v) is 14.7. The van der Waals surface area contributed by atoms with Crippen LogP contribution in [0.1, 0.15) is 37.2 Å². The summed E-state index contributed by atoms with van der Waals surface area (Å²) < 4.78 is 6.32. The molecular weight excluding hydrogens is 318 g/mol. The fourth-order valence-corrected chi connectivity index (χ4v) is 3.11. The first-order chi connectivity index (χ1) is 12.0. The number of ether oxygens (including phenoxy) is 1. The third kappa shape index (κ3) is 3.24. The van der Waals surface area contributed by atoms with Gasteiger partial charge in [-0.3, -0.25) is 9.59 Å². The molecule has 0 N–H and O–H groups in total. The molecule has 0 saturated heterocycles. The van der Waals surface area contributed by atoms with E-state index in [2.05, 4.69) is 10.1 Å². The van der Waals surface area contributed by atoms with E-state index in [1.807, 2.05) is 44.2 Å². The zero-order chi connectivity index (χ0) is 18.0. The number of aryl methyl sites for hydroxylation is 1. The van der Waals surface area contributed by atoms with Gasteiger partial charge in [0.2, 0.25) is 0 Å². The van der Waals surface area contributed by atoms with Crippen molar-refractivity contribution in [3.63, 3.8) is 0 Å². The largest absolute Gasteiger partial charge is 0.466 e. The topological polar surface area (TPSA) is 73.6 Å². The van der Waals surface area contributed by atoms with Gasteiger partial charge in [0, 0.05) is 17.7 Å². The van der Waals surface area contributed by atoms with Gasteiger partial charge in [0.05, 0.1) is 18.2 Å². The van der Waals surface area contributed by atoms with Crippen molar-refractivity contribution in [3.05, 3.63) is 36.0 Å². The van der Waals surface area contributed by atoms with Crippen molar-refractivity contribution in [1.29, 1.82) is 0 Å². The molecule has 25 heavy (non-hydrogen) atoms. The lowest BCUT2D eigenvalue weighted by Gasteiger charge is -2.20. The number of nitrogens with zero attached hydrogens (tertiary/aromatic N) is 3. The molecule has 6 heteroatoms. The second-order valence-corrected chi connectivity index (χ2v) is 6.05. The lowest BCUT2D eigenvalue weighted by molar-refractivity contribution is -0.143. The van der Waals surface area contributed by atoms with Crippen molar-refractivity contribution in [2.45, 2.75) is 33.6 Å². The summed E-state index contributed by atoms with van der Waals surface area (Å²) in [6.07, 6.45) is 0.574. The monoisotopic (exact) mass is 339 g/mol. The molecule has 1 aliphatic heterocycles. The van der Waals surface area contributed by atoms with Gasteiger partial charge in [-0.2, -0.15) is 9.78 Å². The number of esters is 1. The number of carbonyl (C=O) groups is 2. The average molecular weight is 339 g/mol. The third-order valence-corrected chi connectivity index (χ3v) is 4.33. The number of aliphatic imine (C=N–C) groups is 1. The molecule has 130 valence electrons. The lowest BCUT2D eigenvalue weighted by Crippen LogP contribution is -2.32. The summed E-state index contributed by atoms with van der Waals surface area (Å²) in [5, 5.41) is 4.40. The Morgan fingerprint density at radius 1 is 1.24 bits per heavy atom. The van der Waals surface area contributed by atoms with Crippen LogP contribution in [0.3, 0.4) is 0 Å². The first kappa shape index (κ1) is 17.1. The molecule has 0 fully saturated rings. The van der Waals surface area contributed by atoms with Gasteiger partial charge in [-0.25, -0.2) is 4.99 Å². The Kier molecular flexibility index (Phi) is 4.79. The fourth-order valence-electron chi connectivity index (χ4n) is 3.11. The third-order valence-electron chi connectivity index (χ3n) is 4.33. The Hall–Kier alpha value is -2.76. The highest BCUT2D eigenvalue weighted by Crippen LogP contribution is 2.37. The second kappa shape index (κ2) is 7.01. The van der Waals surface area contributed by atoms with Crippen molar-refractivity contribution in [2.24, 2.45) is 10.9 Å². The van der Waals surface area contributed by atoms with Crippen LogP contribution in [-0.4, -0.2) is 34.0 Å². The van der Waals surface area contributed by atoms with Crippen LogP contribution in [-0.2, 0) is 9.53 Å². The van der Waals surface area contributed by atoms with E-state index < -0.39 is 5.92 Å².